The molecular weight excluding hydrogens is 465 g/mol. The number of ether oxygens (including phenoxy) is 2. The average Bonchev–Trinajstić information content (AvgIpc) is 2.80. The Hall–Kier alpha value is -2.50. The van der Waals surface area contributed by atoms with Crippen molar-refractivity contribution in [3.8, 4) is 5.75 Å². The number of methoxy groups -OCH3 is 1. The Kier molecular flexibility index (Phi) is 6.73. The standard InChI is InChI=1S/C21H24ClF3N4O4/c1-32-16-10-12(22)2-3-13(16)15(30)11-14-18(28-6-8-33-9-7-28)27-20-26-17(21(23,24)25)4-5-29(20)19(14)31/h2-3,10,15,17,30H,4-9,11H2,1H3,(H,26,27)/t15-,17-/m0/s1. The molecule has 2 aromatic rings. The fourth-order valence-electron chi connectivity index (χ4n) is 4.11. The summed E-state index contributed by atoms with van der Waals surface area (Å²) in [5.41, 5.74) is 0.172. The molecule has 1 aromatic carbocycles. The van der Waals surface area contributed by atoms with Crippen molar-refractivity contribution in [1.82, 2.24) is 9.55 Å². The first-order valence-corrected chi connectivity index (χ1v) is 10.9. The fourth-order valence-corrected chi connectivity index (χ4v) is 4.27. The van der Waals surface area contributed by atoms with Crippen LogP contribution in [0.2, 0.25) is 5.02 Å². The molecule has 0 spiro atoms. The summed E-state index contributed by atoms with van der Waals surface area (Å²) in [6, 6.07) is 2.99. The highest BCUT2D eigenvalue weighted by Crippen LogP contribution is 2.33. The number of halogens is 4. The van der Waals surface area contributed by atoms with Crippen LogP contribution in [0.1, 0.15) is 23.7 Å². The fraction of sp³-hybridized carbons (Fsp3) is 0.524. The average molecular weight is 489 g/mol. The van der Waals surface area contributed by atoms with Gasteiger partial charge in [-0.2, -0.15) is 18.2 Å². The second-order valence-electron chi connectivity index (χ2n) is 7.93. The molecule has 2 atom stereocenters. The number of aliphatic hydroxyl groups excluding tert-OH is 1. The molecule has 1 fully saturated rings. The van der Waals surface area contributed by atoms with Gasteiger partial charge in [0.2, 0.25) is 5.95 Å². The van der Waals surface area contributed by atoms with E-state index in [0.717, 1.165) is 0 Å². The molecule has 12 heteroatoms. The molecule has 4 rings (SSSR count). The van der Waals surface area contributed by atoms with Crippen molar-refractivity contribution >= 4 is 23.4 Å². The summed E-state index contributed by atoms with van der Waals surface area (Å²) >= 11 is 6.01. The molecule has 0 aliphatic carbocycles. The number of aliphatic hydroxyl groups is 1. The lowest BCUT2D eigenvalue weighted by Gasteiger charge is -2.33. The van der Waals surface area contributed by atoms with E-state index >= 15 is 0 Å². The highest BCUT2D eigenvalue weighted by Gasteiger charge is 2.42. The number of hydrogen-bond acceptors (Lipinski definition) is 7. The molecule has 180 valence electrons. The molecule has 0 amide bonds. The number of anilines is 2. The van der Waals surface area contributed by atoms with Gasteiger partial charge in [0.25, 0.3) is 5.56 Å². The molecule has 1 aromatic heterocycles. The van der Waals surface area contributed by atoms with Crippen molar-refractivity contribution in [3.63, 3.8) is 0 Å². The van der Waals surface area contributed by atoms with Gasteiger partial charge in [0.05, 0.1) is 32.0 Å². The van der Waals surface area contributed by atoms with E-state index in [1.54, 1.807) is 23.1 Å². The van der Waals surface area contributed by atoms with Crippen LogP contribution in [-0.2, 0) is 17.7 Å². The lowest BCUT2D eigenvalue weighted by Crippen LogP contribution is -2.46. The molecule has 33 heavy (non-hydrogen) atoms. The predicted octanol–water partition coefficient (Wildman–Crippen LogP) is 2.76. The van der Waals surface area contributed by atoms with E-state index in [1.165, 1.54) is 11.7 Å². The van der Waals surface area contributed by atoms with E-state index in [-0.39, 0.29) is 36.7 Å². The summed E-state index contributed by atoms with van der Waals surface area (Å²) in [6.45, 7) is 1.50. The summed E-state index contributed by atoms with van der Waals surface area (Å²) in [5.74, 6) is 0.484. The number of fused-ring (bicyclic) bond motifs is 1. The maximum atomic E-state index is 13.4. The van der Waals surface area contributed by atoms with E-state index in [1.807, 2.05) is 0 Å². The number of alkyl halides is 3. The lowest BCUT2D eigenvalue weighted by molar-refractivity contribution is -0.145. The van der Waals surface area contributed by atoms with Gasteiger partial charge in [-0.15, -0.1) is 0 Å². The van der Waals surface area contributed by atoms with Crippen molar-refractivity contribution in [1.29, 1.82) is 0 Å². The Morgan fingerprint density at radius 2 is 2.06 bits per heavy atom. The van der Waals surface area contributed by atoms with Crippen LogP contribution < -0.4 is 20.5 Å². The minimum atomic E-state index is -4.46. The van der Waals surface area contributed by atoms with Gasteiger partial charge in [0.1, 0.15) is 17.6 Å². The summed E-state index contributed by atoms with van der Waals surface area (Å²) < 4.78 is 51.7. The van der Waals surface area contributed by atoms with Crippen molar-refractivity contribution in [2.45, 2.75) is 37.7 Å². The number of morpholine rings is 1. The van der Waals surface area contributed by atoms with Crippen LogP contribution in [0.4, 0.5) is 24.9 Å². The van der Waals surface area contributed by atoms with Crippen molar-refractivity contribution in [3.05, 3.63) is 44.7 Å². The van der Waals surface area contributed by atoms with Crippen LogP contribution in [0.3, 0.4) is 0 Å². The Bertz CT molecular complexity index is 1070. The second-order valence-corrected chi connectivity index (χ2v) is 8.36. The molecule has 2 aliphatic heterocycles. The molecule has 0 unspecified atom stereocenters. The molecule has 2 aliphatic rings. The third-order valence-electron chi connectivity index (χ3n) is 5.84. The predicted molar refractivity (Wildman–Crippen MR) is 116 cm³/mol. The maximum absolute atomic E-state index is 13.4. The molecule has 3 heterocycles. The largest absolute Gasteiger partial charge is 0.496 e. The molecule has 0 saturated carbocycles. The Balaban J connectivity index is 1.75. The first-order chi connectivity index (χ1) is 15.7. The SMILES string of the molecule is COc1cc(Cl)ccc1[C@@H](O)Cc1c(N2CCOCC2)nc2n(c1=O)CC[C@@H](C(F)(F)F)N2. The lowest BCUT2D eigenvalue weighted by atomic mass is 10.0. The summed E-state index contributed by atoms with van der Waals surface area (Å²) in [6.07, 6.45) is -5.96. The van der Waals surface area contributed by atoms with E-state index in [0.29, 0.717) is 42.6 Å². The number of aromatic nitrogens is 2. The van der Waals surface area contributed by atoms with Crippen molar-refractivity contribution in [2.24, 2.45) is 0 Å². The van der Waals surface area contributed by atoms with Gasteiger partial charge in [-0.1, -0.05) is 17.7 Å². The number of nitrogens with one attached hydrogen (secondary N) is 1. The third kappa shape index (κ3) is 4.90. The van der Waals surface area contributed by atoms with Crippen molar-refractivity contribution in [2.75, 3.05) is 43.6 Å². The Labute approximate surface area is 192 Å². The molecule has 8 nitrogen and oxygen atoms in total. The van der Waals surface area contributed by atoms with E-state index in [2.05, 4.69) is 10.3 Å². The number of hydrogen-bond donors (Lipinski definition) is 2. The van der Waals surface area contributed by atoms with Crippen LogP contribution in [0.15, 0.2) is 23.0 Å². The Morgan fingerprint density at radius 3 is 2.73 bits per heavy atom. The first kappa shape index (κ1) is 23.7. The zero-order valence-corrected chi connectivity index (χ0v) is 18.6. The van der Waals surface area contributed by atoms with Crippen LogP contribution in [0, 0.1) is 0 Å². The first-order valence-electron chi connectivity index (χ1n) is 10.5. The normalized spacial score (nSPS) is 19.6. The van der Waals surface area contributed by atoms with Gasteiger partial charge in [-0.05, 0) is 18.6 Å². The van der Waals surface area contributed by atoms with Gasteiger partial charge in [0.15, 0.2) is 0 Å². The zero-order valence-electron chi connectivity index (χ0n) is 17.9. The van der Waals surface area contributed by atoms with E-state index in [4.69, 9.17) is 21.1 Å². The second kappa shape index (κ2) is 9.40. The van der Waals surface area contributed by atoms with E-state index < -0.39 is 23.9 Å². The molecule has 0 radical (unpaired) electrons. The van der Waals surface area contributed by atoms with Crippen molar-refractivity contribution < 1.29 is 27.8 Å². The number of rotatable bonds is 5. The zero-order chi connectivity index (χ0) is 23.8. The van der Waals surface area contributed by atoms with Crippen LogP contribution >= 0.6 is 11.6 Å². The molecular formula is C21H24ClF3N4O4. The molecule has 0 bridgehead atoms. The van der Waals surface area contributed by atoms with Gasteiger partial charge in [0, 0.05) is 36.6 Å². The van der Waals surface area contributed by atoms with Gasteiger partial charge in [-0.25, -0.2) is 0 Å². The third-order valence-corrected chi connectivity index (χ3v) is 6.08. The maximum Gasteiger partial charge on any atom is 0.408 e. The number of benzene rings is 1. The molecule has 1 saturated heterocycles. The highest BCUT2D eigenvalue weighted by molar-refractivity contribution is 6.30. The highest BCUT2D eigenvalue weighted by atomic mass is 35.5. The van der Waals surface area contributed by atoms with Crippen LogP contribution in [0.25, 0.3) is 0 Å². The van der Waals surface area contributed by atoms with Gasteiger partial charge < -0.3 is 24.8 Å². The minimum absolute atomic E-state index is 0.0977. The van der Waals surface area contributed by atoms with Crippen LogP contribution in [0.5, 0.6) is 5.75 Å². The Morgan fingerprint density at radius 1 is 1.33 bits per heavy atom. The molecule has 2 N–H and O–H groups in total. The van der Waals surface area contributed by atoms with E-state index in [9.17, 15) is 23.1 Å². The quantitative estimate of drug-likeness (QED) is 0.669. The summed E-state index contributed by atoms with van der Waals surface area (Å²) in [4.78, 5) is 19.6. The number of nitrogens with zero attached hydrogens (tertiary/aromatic N) is 3. The van der Waals surface area contributed by atoms with Gasteiger partial charge >= 0.3 is 6.18 Å². The topological polar surface area (TPSA) is 88.9 Å². The summed E-state index contributed by atoms with van der Waals surface area (Å²) in [7, 11) is 1.44. The minimum Gasteiger partial charge on any atom is -0.496 e. The monoisotopic (exact) mass is 488 g/mol. The van der Waals surface area contributed by atoms with Gasteiger partial charge in [-0.3, -0.25) is 9.36 Å². The smallest absolute Gasteiger partial charge is 0.408 e. The van der Waals surface area contributed by atoms with Crippen LogP contribution in [-0.4, -0.2) is 60.3 Å². The summed E-state index contributed by atoms with van der Waals surface area (Å²) in [5, 5.41) is 13.8.